The Morgan fingerprint density at radius 3 is 1.81 bits per heavy atom. The molecule has 0 aliphatic carbocycles. The third-order valence-corrected chi connectivity index (χ3v) is 4.94. The molecule has 0 aliphatic heterocycles. The minimum absolute atomic E-state index is 0.352. The lowest BCUT2D eigenvalue weighted by Crippen LogP contribution is -1.95. The van der Waals surface area contributed by atoms with Gasteiger partial charge in [-0.15, -0.1) is 0 Å². The summed E-state index contributed by atoms with van der Waals surface area (Å²) in [5.41, 5.74) is 5.68. The van der Waals surface area contributed by atoms with Gasteiger partial charge in [-0.1, -0.05) is 99.3 Å². The van der Waals surface area contributed by atoms with Gasteiger partial charge in [0.1, 0.15) is 5.75 Å². The molecule has 0 bridgehead atoms. The third-order valence-electron chi connectivity index (χ3n) is 4.94. The van der Waals surface area contributed by atoms with Gasteiger partial charge in [0.2, 0.25) is 0 Å². The van der Waals surface area contributed by atoms with E-state index in [2.05, 4.69) is 49.4 Å². The first-order chi connectivity index (χ1) is 12.8. The molecule has 0 aliphatic rings. The topological polar surface area (TPSA) is 20.2 Å². The summed E-state index contributed by atoms with van der Waals surface area (Å²) in [6.07, 6.45) is 7.40. The van der Waals surface area contributed by atoms with Crippen LogP contribution in [0.5, 0.6) is 5.75 Å². The zero-order valence-electron chi connectivity index (χ0n) is 15.6. The predicted octanol–water partition coefficient (Wildman–Crippen LogP) is 7.24. The van der Waals surface area contributed by atoms with Crippen molar-refractivity contribution in [1.29, 1.82) is 0 Å². The molecule has 0 saturated heterocycles. The SMILES string of the molecule is CCCCCCCc1ccc(O)c(-c2ccccc2)c1-c1ccccc1. The number of unbranched alkanes of at least 4 members (excludes halogenated alkanes) is 4. The maximum Gasteiger partial charge on any atom is 0.124 e. The van der Waals surface area contributed by atoms with E-state index in [1.807, 2.05) is 30.3 Å². The van der Waals surface area contributed by atoms with Crippen LogP contribution in [0.25, 0.3) is 22.3 Å². The summed E-state index contributed by atoms with van der Waals surface area (Å²) in [5, 5.41) is 10.7. The van der Waals surface area contributed by atoms with Gasteiger partial charge in [-0.05, 0) is 41.2 Å². The van der Waals surface area contributed by atoms with Crippen LogP contribution in [0.4, 0.5) is 0 Å². The zero-order chi connectivity index (χ0) is 18.2. The second-order valence-electron chi connectivity index (χ2n) is 6.89. The molecular formula is C25H28O. The van der Waals surface area contributed by atoms with Crippen LogP contribution in [0.15, 0.2) is 72.8 Å². The highest BCUT2D eigenvalue weighted by atomic mass is 16.3. The highest BCUT2D eigenvalue weighted by molar-refractivity contribution is 5.89. The molecule has 1 N–H and O–H groups in total. The fourth-order valence-corrected chi connectivity index (χ4v) is 3.59. The van der Waals surface area contributed by atoms with E-state index in [4.69, 9.17) is 0 Å². The van der Waals surface area contributed by atoms with Crippen LogP contribution in [-0.4, -0.2) is 5.11 Å². The lowest BCUT2D eigenvalue weighted by Gasteiger charge is -2.17. The molecule has 0 unspecified atom stereocenters. The molecule has 134 valence electrons. The van der Waals surface area contributed by atoms with Crippen LogP contribution < -0.4 is 0 Å². The van der Waals surface area contributed by atoms with Crippen molar-refractivity contribution >= 4 is 0 Å². The Bertz CT molecular complexity index is 806. The Balaban J connectivity index is 2.02. The second-order valence-corrected chi connectivity index (χ2v) is 6.89. The molecule has 26 heavy (non-hydrogen) atoms. The molecule has 0 heterocycles. The van der Waals surface area contributed by atoms with E-state index in [1.54, 1.807) is 0 Å². The summed E-state index contributed by atoms with van der Waals surface area (Å²) in [4.78, 5) is 0. The fourth-order valence-electron chi connectivity index (χ4n) is 3.59. The molecule has 0 amide bonds. The van der Waals surface area contributed by atoms with Gasteiger partial charge in [0, 0.05) is 5.56 Å². The van der Waals surface area contributed by atoms with Crippen molar-refractivity contribution in [1.82, 2.24) is 0 Å². The fraction of sp³-hybridized carbons (Fsp3) is 0.280. The summed E-state index contributed by atoms with van der Waals surface area (Å²) < 4.78 is 0. The van der Waals surface area contributed by atoms with Gasteiger partial charge in [0.15, 0.2) is 0 Å². The number of phenols is 1. The number of phenolic OH excluding ortho intramolecular Hbond substituents is 1. The van der Waals surface area contributed by atoms with Crippen molar-refractivity contribution in [3.63, 3.8) is 0 Å². The molecule has 3 rings (SSSR count). The van der Waals surface area contributed by atoms with E-state index in [1.165, 1.54) is 48.8 Å². The lowest BCUT2D eigenvalue weighted by molar-refractivity contribution is 0.477. The maximum absolute atomic E-state index is 10.7. The Hall–Kier alpha value is -2.54. The zero-order valence-corrected chi connectivity index (χ0v) is 15.6. The molecule has 1 heteroatoms. The van der Waals surface area contributed by atoms with Crippen LogP contribution in [0, 0.1) is 0 Å². The van der Waals surface area contributed by atoms with Crippen LogP contribution in [0.2, 0.25) is 0 Å². The Kier molecular flexibility index (Phi) is 6.49. The van der Waals surface area contributed by atoms with Gasteiger partial charge >= 0.3 is 0 Å². The normalized spacial score (nSPS) is 10.8. The lowest BCUT2D eigenvalue weighted by atomic mass is 9.88. The van der Waals surface area contributed by atoms with Crippen molar-refractivity contribution < 1.29 is 5.11 Å². The van der Waals surface area contributed by atoms with Gasteiger partial charge in [-0.3, -0.25) is 0 Å². The molecule has 3 aromatic carbocycles. The average molecular weight is 344 g/mol. The number of hydrogen-bond acceptors (Lipinski definition) is 1. The first-order valence-corrected chi connectivity index (χ1v) is 9.77. The molecule has 0 spiro atoms. The molecule has 0 aromatic heterocycles. The van der Waals surface area contributed by atoms with E-state index in [-0.39, 0.29) is 0 Å². The van der Waals surface area contributed by atoms with Crippen molar-refractivity contribution in [2.24, 2.45) is 0 Å². The molecule has 3 aromatic rings. The summed E-state index contributed by atoms with van der Waals surface area (Å²) >= 11 is 0. The standard InChI is InChI=1S/C25H28O/c1-2-3-4-5-8-17-22-18-19-23(26)25(21-15-11-7-12-16-21)24(22)20-13-9-6-10-14-20/h6-7,9-16,18-19,26H,2-5,8,17H2,1H3. The summed E-state index contributed by atoms with van der Waals surface area (Å²) in [6, 6.07) is 24.6. The van der Waals surface area contributed by atoms with Crippen molar-refractivity contribution in [2.75, 3.05) is 0 Å². The van der Waals surface area contributed by atoms with Crippen LogP contribution in [-0.2, 0) is 6.42 Å². The second kappa shape index (κ2) is 9.24. The summed E-state index contributed by atoms with van der Waals surface area (Å²) in [5.74, 6) is 0.352. The van der Waals surface area contributed by atoms with Gasteiger partial charge < -0.3 is 5.11 Å². The van der Waals surface area contributed by atoms with Gasteiger partial charge in [0.25, 0.3) is 0 Å². The molecule has 0 atom stereocenters. The quantitative estimate of drug-likeness (QED) is 0.427. The highest BCUT2D eigenvalue weighted by Gasteiger charge is 2.16. The van der Waals surface area contributed by atoms with Crippen molar-refractivity contribution in [3.05, 3.63) is 78.4 Å². The number of hydrogen-bond donors (Lipinski definition) is 1. The third kappa shape index (κ3) is 4.35. The van der Waals surface area contributed by atoms with E-state index >= 15 is 0 Å². The first kappa shape index (κ1) is 18.3. The Morgan fingerprint density at radius 1 is 0.615 bits per heavy atom. The average Bonchev–Trinajstić information content (AvgIpc) is 2.70. The minimum atomic E-state index is 0.352. The van der Waals surface area contributed by atoms with Crippen LogP contribution in [0.3, 0.4) is 0 Å². The van der Waals surface area contributed by atoms with E-state index < -0.39 is 0 Å². The molecule has 1 nitrogen and oxygen atoms in total. The predicted molar refractivity (Wildman–Crippen MR) is 111 cm³/mol. The Labute approximate surface area is 157 Å². The van der Waals surface area contributed by atoms with Crippen LogP contribution >= 0.6 is 0 Å². The molecule has 0 radical (unpaired) electrons. The van der Waals surface area contributed by atoms with E-state index in [0.717, 1.165) is 17.5 Å². The summed E-state index contributed by atoms with van der Waals surface area (Å²) in [6.45, 7) is 2.25. The smallest absolute Gasteiger partial charge is 0.124 e. The Morgan fingerprint density at radius 2 is 1.19 bits per heavy atom. The van der Waals surface area contributed by atoms with Gasteiger partial charge in [-0.2, -0.15) is 0 Å². The van der Waals surface area contributed by atoms with Crippen LogP contribution in [0.1, 0.15) is 44.6 Å². The molecular weight excluding hydrogens is 316 g/mol. The van der Waals surface area contributed by atoms with E-state index in [9.17, 15) is 5.11 Å². The minimum Gasteiger partial charge on any atom is -0.507 e. The molecule has 0 saturated carbocycles. The largest absolute Gasteiger partial charge is 0.507 e. The van der Waals surface area contributed by atoms with E-state index in [0.29, 0.717) is 5.75 Å². The molecule has 0 fully saturated rings. The number of benzene rings is 3. The number of aryl methyl sites for hydroxylation is 1. The first-order valence-electron chi connectivity index (χ1n) is 9.77. The maximum atomic E-state index is 10.7. The number of rotatable bonds is 8. The highest BCUT2D eigenvalue weighted by Crippen LogP contribution is 2.41. The summed E-state index contributed by atoms with van der Waals surface area (Å²) in [7, 11) is 0. The van der Waals surface area contributed by atoms with Gasteiger partial charge in [0.05, 0.1) is 0 Å². The van der Waals surface area contributed by atoms with Gasteiger partial charge in [-0.25, -0.2) is 0 Å². The van der Waals surface area contributed by atoms with Crippen molar-refractivity contribution in [3.8, 4) is 28.0 Å². The van der Waals surface area contributed by atoms with Crippen molar-refractivity contribution in [2.45, 2.75) is 45.4 Å². The monoisotopic (exact) mass is 344 g/mol. The number of aromatic hydroxyl groups is 1.